The minimum Gasteiger partial charge on any atom is -0.469 e. The Hall–Kier alpha value is -1.39. The van der Waals surface area contributed by atoms with Crippen molar-refractivity contribution in [2.45, 2.75) is 43.4 Å². The first-order valence-corrected chi connectivity index (χ1v) is 7.29. The number of nitrogens with one attached hydrogen (secondary N) is 1. The van der Waals surface area contributed by atoms with Gasteiger partial charge >= 0.3 is 5.97 Å². The lowest BCUT2D eigenvalue weighted by atomic mass is 9.94. The summed E-state index contributed by atoms with van der Waals surface area (Å²) in [6.45, 7) is 0.605. The number of hydrogen-bond acceptors (Lipinski definition) is 4. The Balaban J connectivity index is 1.63. The van der Waals surface area contributed by atoms with Crippen molar-refractivity contribution in [2.75, 3.05) is 13.7 Å². The van der Waals surface area contributed by atoms with Crippen molar-refractivity contribution in [3.05, 3.63) is 35.9 Å². The molecule has 0 amide bonds. The van der Waals surface area contributed by atoms with E-state index in [0.717, 1.165) is 18.4 Å². The van der Waals surface area contributed by atoms with Gasteiger partial charge in [-0.3, -0.25) is 4.79 Å². The molecule has 2 heterocycles. The van der Waals surface area contributed by atoms with Gasteiger partial charge in [0.05, 0.1) is 25.2 Å². The lowest BCUT2D eigenvalue weighted by Gasteiger charge is -2.23. The first-order valence-electron chi connectivity index (χ1n) is 7.29. The van der Waals surface area contributed by atoms with Gasteiger partial charge in [0, 0.05) is 12.6 Å². The van der Waals surface area contributed by atoms with E-state index in [1.807, 2.05) is 30.3 Å². The zero-order valence-electron chi connectivity index (χ0n) is 11.7. The summed E-state index contributed by atoms with van der Waals surface area (Å²) in [4.78, 5) is 12.0. The predicted molar refractivity (Wildman–Crippen MR) is 75.5 cm³/mol. The number of hydrogen-bond donors (Lipinski definition) is 1. The van der Waals surface area contributed by atoms with Gasteiger partial charge < -0.3 is 14.8 Å². The maximum Gasteiger partial charge on any atom is 0.314 e. The summed E-state index contributed by atoms with van der Waals surface area (Å²) in [5.41, 5.74) is 0.996. The highest BCUT2D eigenvalue weighted by Crippen LogP contribution is 2.34. The molecule has 1 N–H and O–H groups in total. The van der Waals surface area contributed by atoms with Crippen LogP contribution in [0, 0.1) is 0 Å². The number of benzene rings is 1. The Morgan fingerprint density at radius 2 is 2.20 bits per heavy atom. The molecule has 2 bridgehead atoms. The number of fused-ring (bicyclic) bond motifs is 2. The fraction of sp³-hybridized carbons (Fsp3) is 0.562. The Bertz CT molecular complexity index is 462. The van der Waals surface area contributed by atoms with Crippen LogP contribution >= 0.6 is 0 Å². The van der Waals surface area contributed by atoms with E-state index in [2.05, 4.69) is 5.32 Å². The lowest BCUT2D eigenvalue weighted by molar-refractivity contribution is -0.142. The second-order valence-corrected chi connectivity index (χ2v) is 5.61. The first-order chi connectivity index (χ1) is 9.78. The summed E-state index contributed by atoms with van der Waals surface area (Å²) in [5, 5.41) is 3.50. The molecule has 2 aliphatic rings. The number of methoxy groups -OCH3 is 1. The highest BCUT2D eigenvalue weighted by Gasteiger charge is 2.40. The summed E-state index contributed by atoms with van der Waals surface area (Å²) in [5.74, 6) is -0.437. The molecular weight excluding hydrogens is 254 g/mol. The maximum absolute atomic E-state index is 12.0. The molecule has 1 aromatic rings. The van der Waals surface area contributed by atoms with Crippen molar-refractivity contribution in [3.63, 3.8) is 0 Å². The number of rotatable bonds is 5. The van der Waals surface area contributed by atoms with Gasteiger partial charge in [-0.05, 0) is 24.8 Å². The summed E-state index contributed by atoms with van der Waals surface area (Å²) in [7, 11) is 1.44. The summed E-state index contributed by atoms with van der Waals surface area (Å²) in [6, 6.07) is 10.2. The number of esters is 1. The van der Waals surface area contributed by atoms with E-state index < -0.39 is 0 Å². The van der Waals surface area contributed by atoms with Gasteiger partial charge in [0.25, 0.3) is 0 Å². The normalized spacial score (nSPS) is 29.4. The molecule has 0 aromatic heterocycles. The summed E-state index contributed by atoms with van der Waals surface area (Å²) >= 11 is 0. The monoisotopic (exact) mass is 275 g/mol. The van der Waals surface area contributed by atoms with Crippen LogP contribution in [-0.2, 0) is 14.3 Å². The Kier molecular flexibility index (Phi) is 4.03. The lowest BCUT2D eigenvalue weighted by Crippen LogP contribution is -2.41. The molecule has 20 heavy (non-hydrogen) atoms. The molecule has 4 unspecified atom stereocenters. The van der Waals surface area contributed by atoms with E-state index in [4.69, 9.17) is 9.47 Å². The van der Waals surface area contributed by atoms with Gasteiger partial charge in [-0.2, -0.15) is 0 Å². The van der Waals surface area contributed by atoms with Crippen molar-refractivity contribution in [3.8, 4) is 0 Å². The molecule has 4 nitrogen and oxygen atoms in total. The number of ether oxygens (including phenoxy) is 2. The highest BCUT2D eigenvalue weighted by atomic mass is 16.5. The van der Waals surface area contributed by atoms with Crippen molar-refractivity contribution < 1.29 is 14.3 Å². The van der Waals surface area contributed by atoms with Crippen LogP contribution in [0.2, 0.25) is 0 Å². The van der Waals surface area contributed by atoms with Gasteiger partial charge in [0.15, 0.2) is 0 Å². The first kappa shape index (κ1) is 13.6. The predicted octanol–water partition coefficient (Wildman–Crippen LogP) is 1.85. The smallest absolute Gasteiger partial charge is 0.314 e. The van der Waals surface area contributed by atoms with Crippen molar-refractivity contribution in [1.82, 2.24) is 5.32 Å². The van der Waals surface area contributed by atoms with E-state index in [-0.39, 0.29) is 11.9 Å². The molecule has 2 fully saturated rings. The van der Waals surface area contributed by atoms with Crippen LogP contribution in [0.5, 0.6) is 0 Å². The standard InChI is InChI=1S/C16H21NO3/c1-19-16(18)13(11-5-3-2-4-6-11)10-17-14-9-12-7-8-15(14)20-12/h2-6,12-15,17H,7-10H2,1H3. The molecule has 1 aromatic carbocycles. The van der Waals surface area contributed by atoms with E-state index in [0.29, 0.717) is 24.8 Å². The minimum absolute atomic E-state index is 0.187. The quantitative estimate of drug-likeness (QED) is 0.833. The van der Waals surface area contributed by atoms with Crippen LogP contribution in [0.25, 0.3) is 0 Å². The van der Waals surface area contributed by atoms with Gasteiger partial charge in [0.1, 0.15) is 0 Å². The van der Waals surface area contributed by atoms with E-state index in [9.17, 15) is 4.79 Å². The van der Waals surface area contributed by atoms with Crippen molar-refractivity contribution in [2.24, 2.45) is 0 Å². The topological polar surface area (TPSA) is 47.6 Å². The Morgan fingerprint density at radius 1 is 1.40 bits per heavy atom. The molecule has 2 saturated heterocycles. The molecule has 4 heteroatoms. The summed E-state index contributed by atoms with van der Waals surface area (Å²) < 4.78 is 10.8. The molecule has 108 valence electrons. The second kappa shape index (κ2) is 5.94. The number of carbonyl (C=O) groups is 1. The third-order valence-electron chi connectivity index (χ3n) is 4.38. The molecule has 0 saturated carbocycles. The van der Waals surface area contributed by atoms with Crippen molar-refractivity contribution in [1.29, 1.82) is 0 Å². The fourth-order valence-corrected chi connectivity index (χ4v) is 3.29. The average Bonchev–Trinajstić information content (AvgIpc) is 3.11. The van der Waals surface area contributed by atoms with Crippen LogP contribution in [-0.4, -0.2) is 37.9 Å². The minimum atomic E-state index is -0.250. The van der Waals surface area contributed by atoms with E-state index in [1.165, 1.54) is 13.5 Å². The number of carbonyl (C=O) groups excluding carboxylic acids is 1. The van der Waals surface area contributed by atoms with Crippen LogP contribution in [0.4, 0.5) is 0 Å². The Morgan fingerprint density at radius 3 is 2.80 bits per heavy atom. The Labute approximate surface area is 119 Å². The molecule has 0 spiro atoms. The van der Waals surface area contributed by atoms with Gasteiger partial charge in [-0.15, -0.1) is 0 Å². The largest absolute Gasteiger partial charge is 0.469 e. The molecule has 0 aliphatic carbocycles. The third-order valence-corrected chi connectivity index (χ3v) is 4.38. The zero-order chi connectivity index (χ0) is 13.9. The highest BCUT2D eigenvalue weighted by molar-refractivity contribution is 5.78. The second-order valence-electron chi connectivity index (χ2n) is 5.61. The fourth-order valence-electron chi connectivity index (χ4n) is 3.29. The molecule has 2 aliphatic heterocycles. The zero-order valence-corrected chi connectivity index (χ0v) is 11.7. The van der Waals surface area contributed by atoms with Gasteiger partial charge in [-0.25, -0.2) is 0 Å². The van der Waals surface area contributed by atoms with E-state index in [1.54, 1.807) is 0 Å². The van der Waals surface area contributed by atoms with Gasteiger partial charge in [-0.1, -0.05) is 30.3 Å². The van der Waals surface area contributed by atoms with E-state index >= 15 is 0 Å². The molecule has 0 radical (unpaired) electrons. The van der Waals surface area contributed by atoms with Crippen molar-refractivity contribution >= 4 is 5.97 Å². The SMILES string of the molecule is COC(=O)C(CNC1CC2CCC1O2)c1ccccc1. The van der Waals surface area contributed by atoms with Crippen LogP contribution in [0.3, 0.4) is 0 Å². The molecule has 4 atom stereocenters. The van der Waals surface area contributed by atoms with Gasteiger partial charge in [0.2, 0.25) is 0 Å². The average molecular weight is 275 g/mol. The van der Waals surface area contributed by atoms with Crippen LogP contribution in [0.1, 0.15) is 30.7 Å². The third kappa shape index (κ3) is 2.72. The maximum atomic E-state index is 12.0. The molecule has 3 rings (SSSR count). The molecular formula is C16H21NO3. The van der Waals surface area contributed by atoms with Crippen LogP contribution in [0.15, 0.2) is 30.3 Å². The van der Waals surface area contributed by atoms with Crippen LogP contribution < -0.4 is 5.32 Å². The summed E-state index contributed by atoms with van der Waals surface area (Å²) in [6.07, 6.45) is 4.13.